The molecule has 0 saturated carbocycles. The van der Waals surface area contributed by atoms with Crippen LogP contribution < -0.4 is 0 Å². The fourth-order valence-corrected chi connectivity index (χ4v) is 4.54. The first-order valence-corrected chi connectivity index (χ1v) is 10.2. The number of aromatic amines is 1. The van der Waals surface area contributed by atoms with Crippen molar-refractivity contribution in [3.63, 3.8) is 0 Å². The van der Waals surface area contributed by atoms with Gasteiger partial charge in [-0.2, -0.15) is 0 Å². The molecule has 0 unspecified atom stereocenters. The van der Waals surface area contributed by atoms with Gasteiger partial charge in [-0.1, -0.05) is 0 Å². The highest BCUT2D eigenvalue weighted by Gasteiger charge is 2.28. The summed E-state index contributed by atoms with van der Waals surface area (Å²) >= 11 is 0. The van der Waals surface area contributed by atoms with E-state index in [2.05, 4.69) is 19.9 Å². The molecule has 3 heterocycles. The Morgan fingerprint density at radius 1 is 1.03 bits per heavy atom. The van der Waals surface area contributed by atoms with Crippen LogP contribution in [0.25, 0.3) is 21.9 Å². The van der Waals surface area contributed by atoms with Crippen LogP contribution in [0, 0.1) is 23.3 Å². The van der Waals surface area contributed by atoms with E-state index in [-0.39, 0.29) is 28.8 Å². The van der Waals surface area contributed by atoms with Crippen molar-refractivity contribution in [3.05, 3.63) is 71.2 Å². The maximum absolute atomic E-state index is 14.0. The van der Waals surface area contributed by atoms with Crippen molar-refractivity contribution in [2.24, 2.45) is 0 Å². The van der Waals surface area contributed by atoms with Gasteiger partial charge in [0.2, 0.25) is 0 Å². The molecule has 2 aromatic carbocycles. The van der Waals surface area contributed by atoms with Gasteiger partial charge in [0.15, 0.2) is 17.5 Å². The molecule has 1 fully saturated rings. The van der Waals surface area contributed by atoms with Gasteiger partial charge >= 0.3 is 0 Å². The van der Waals surface area contributed by atoms with Crippen molar-refractivity contribution in [1.29, 1.82) is 0 Å². The molecule has 1 atom stereocenters. The number of rotatable bonds is 3. The second kappa shape index (κ2) is 7.60. The van der Waals surface area contributed by atoms with Crippen molar-refractivity contribution in [1.82, 2.24) is 19.9 Å². The number of halogens is 4. The number of pyridine rings is 1. The van der Waals surface area contributed by atoms with Gasteiger partial charge in [0.05, 0.1) is 17.1 Å². The molecule has 2 aromatic heterocycles. The van der Waals surface area contributed by atoms with Crippen LogP contribution in [0.4, 0.5) is 17.6 Å². The van der Waals surface area contributed by atoms with Crippen LogP contribution in [0.3, 0.4) is 0 Å². The van der Waals surface area contributed by atoms with E-state index in [1.807, 2.05) is 13.0 Å². The molecule has 0 bridgehead atoms. The smallest absolute Gasteiger partial charge is 0.196 e. The van der Waals surface area contributed by atoms with Crippen molar-refractivity contribution in [3.8, 4) is 0 Å². The first-order valence-electron chi connectivity index (χ1n) is 10.2. The summed E-state index contributed by atoms with van der Waals surface area (Å²) < 4.78 is 54.9. The van der Waals surface area contributed by atoms with E-state index < -0.39 is 17.5 Å². The normalized spacial score (nSPS) is 16.9. The molecule has 0 spiro atoms. The Morgan fingerprint density at radius 3 is 2.58 bits per heavy atom. The number of H-pyrrole nitrogens is 1. The van der Waals surface area contributed by atoms with E-state index in [1.54, 1.807) is 12.3 Å². The van der Waals surface area contributed by atoms with E-state index in [0.717, 1.165) is 48.5 Å². The zero-order chi connectivity index (χ0) is 21.7. The Morgan fingerprint density at radius 2 is 1.81 bits per heavy atom. The zero-order valence-electron chi connectivity index (χ0n) is 16.8. The summed E-state index contributed by atoms with van der Waals surface area (Å²) in [6.07, 6.45) is 3.47. The fraction of sp³-hybridized carbons (Fsp3) is 0.304. The highest BCUT2D eigenvalue weighted by molar-refractivity contribution is 5.82. The van der Waals surface area contributed by atoms with Gasteiger partial charge in [0, 0.05) is 17.6 Å². The second-order valence-electron chi connectivity index (χ2n) is 8.05. The predicted octanol–water partition coefficient (Wildman–Crippen LogP) is 5.61. The van der Waals surface area contributed by atoms with Crippen molar-refractivity contribution >= 4 is 21.9 Å². The molecule has 4 aromatic rings. The summed E-state index contributed by atoms with van der Waals surface area (Å²) in [5.74, 6) is -3.58. The van der Waals surface area contributed by atoms with E-state index >= 15 is 0 Å². The number of hydrogen-bond acceptors (Lipinski definition) is 3. The number of aromatic nitrogens is 3. The summed E-state index contributed by atoms with van der Waals surface area (Å²) in [7, 11) is 0. The quantitative estimate of drug-likeness (QED) is 0.341. The third kappa shape index (κ3) is 3.44. The lowest BCUT2D eigenvalue weighted by Crippen LogP contribution is -2.35. The molecule has 1 N–H and O–H groups in total. The predicted molar refractivity (Wildman–Crippen MR) is 110 cm³/mol. The molecule has 8 heteroatoms. The number of hydrogen-bond donors (Lipinski definition) is 1. The van der Waals surface area contributed by atoms with Crippen LogP contribution in [-0.2, 0) is 0 Å². The van der Waals surface area contributed by atoms with E-state index in [1.165, 1.54) is 12.1 Å². The van der Waals surface area contributed by atoms with Gasteiger partial charge in [-0.05, 0) is 68.6 Å². The average molecular weight is 428 g/mol. The molecular formula is C23H20F4N4. The monoisotopic (exact) mass is 428 g/mol. The van der Waals surface area contributed by atoms with Gasteiger partial charge in [-0.25, -0.2) is 22.5 Å². The van der Waals surface area contributed by atoms with Crippen molar-refractivity contribution < 1.29 is 17.6 Å². The minimum Gasteiger partial charge on any atom is -0.340 e. The van der Waals surface area contributed by atoms with Crippen LogP contribution in [0.15, 0.2) is 36.5 Å². The minimum absolute atomic E-state index is 0.137. The average Bonchev–Trinajstić information content (AvgIpc) is 3.21. The number of imidazole rings is 1. The molecule has 4 nitrogen and oxygen atoms in total. The zero-order valence-corrected chi connectivity index (χ0v) is 16.8. The molecule has 1 aliphatic heterocycles. The molecule has 1 saturated heterocycles. The lowest BCUT2D eigenvalue weighted by molar-refractivity contribution is 0.158. The highest BCUT2D eigenvalue weighted by Crippen LogP contribution is 2.35. The number of fused-ring (bicyclic) bond motifs is 2. The van der Waals surface area contributed by atoms with E-state index in [0.29, 0.717) is 5.82 Å². The third-order valence-electron chi connectivity index (χ3n) is 6.28. The SMILES string of the molecule is C[C@H](c1nc2c(F)c(F)c(F)cc2[nH]1)N1CCC(c2ccnc3ccc(F)cc23)CC1. The topological polar surface area (TPSA) is 44.8 Å². The highest BCUT2D eigenvalue weighted by atomic mass is 19.2. The third-order valence-corrected chi connectivity index (χ3v) is 6.28. The summed E-state index contributed by atoms with van der Waals surface area (Å²) in [5.41, 5.74) is 1.81. The molecule has 0 aliphatic carbocycles. The first kappa shape index (κ1) is 19.9. The minimum atomic E-state index is -1.51. The van der Waals surface area contributed by atoms with Gasteiger partial charge in [0.1, 0.15) is 17.2 Å². The van der Waals surface area contributed by atoms with Gasteiger partial charge in [0.25, 0.3) is 0 Å². The van der Waals surface area contributed by atoms with Gasteiger partial charge in [-0.3, -0.25) is 9.88 Å². The molecule has 0 radical (unpaired) electrons. The Bertz CT molecular complexity index is 1280. The summed E-state index contributed by atoms with van der Waals surface area (Å²) in [5, 5.41) is 0.839. The van der Waals surface area contributed by atoms with Crippen LogP contribution in [-0.4, -0.2) is 32.9 Å². The van der Waals surface area contributed by atoms with Crippen molar-refractivity contribution in [2.45, 2.75) is 31.7 Å². The van der Waals surface area contributed by atoms with Crippen LogP contribution in [0.2, 0.25) is 0 Å². The maximum atomic E-state index is 14.0. The van der Waals surface area contributed by atoms with Crippen LogP contribution in [0.5, 0.6) is 0 Å². The number of benzene rings is 2. The number of likely N-dealkylation sites (tertiary alicyclic amines) is 1. The van der Waals surface area contributed by atoms with E-state index in [9.17, 15) is 17.6 Å². The number of nitrogens with one attached hydrogen (secondary N) is 1. The molecule has 0 amide bonds. The molecular weight excluding hydrogens is 408 g/mol. The Labute approximate surface area is 175 Å². The largest absolute Gasteiger partial charge is 0.340 e. The van der Waals surface area contributed by atoms with Gasteiger partial charge in [-0.15, -0.1) is 0 Å². The maximum Gasteiger partial charge on any atom is 0.196 e. The lowest BCUT2D eigenvalue weighted by Gasteiger charge is -2.35. The molecule has 31 heavy (non-hydrogen) atoms. The van der Waals surface area contributed by atoms with Crippen LogP contribution >= 0.6 is 0 Å². The Hall–Kier alpha value is -3.00. The van der Waals surface area contributed by atoms with E-state index in [4.69, 9.17) is 0 Å². The first-order chi connectivity index (χ1) is 14.9. The number of nitrogens with zero attached hydrogens (tertiary/aromatic N) is 3. The number of piperidine rings is 1. The Kier molecular flexibility index (Phi) is 4.89. The molecule has 160 valence electrons. The lowest BCUT2D eigenvalue weighted by atomic mass is 9.87. The summed E-state index contributed by atoms with van der Waals surface area (Å²) in [6, 6.07) is 7.35. The second-order valence-corrected chi connectivity index (χ2v) is 8.05. The standard InChI is InChI=1S/C23H20F4N4/c1-12(23-29-19-11-17(25)20(26)21(27)22(19)30-23)31-8-5-13(6-9-31)15-4-7-28-18-3-2-14(24)10-16(15)18/h2-4,7,10-13H,5-6,8-9H2,1H3,(H,29,30)/t12-/m1/s1. The summed E-state index contributed by atoms with van der Waals surface area (Å²) in [4.78, 5) is 13.6. The van der Waals surface area contributed by atoms with Crippen molar-refractivity contribution in [2.75, 3.05) is 13.1 Å². The van der Waals surface area contributed by atoms with Crippen LogP contribution in [0.1, 0.15) is 43.1 Å². The summed E-state index contributed by atoms with van der Waals surface area (Å²) in [6.45, 7) is 3.44. The molecule has 5 rings (SSSR count). The van der Waals surface area contributed by atoms with Gasteiger partial charge < -0.3 is 4.98 Å². The Balaban J connectivity index is 1.36. The molecule has 1 aliphatic rings. The fourth-order valence-electron chi connectivity index (χ4n) is 4.54.